The summed E-state index contributed by atoms with van der Waals surface area (Å²) in [5.41, 5.74) is 0.268. The van der Waals surface area contributed by atoms with Gasteiger partial charge in [-0.25, -0.2) is 0 Å². The average molecular weight is 312 g/mol. The summed E-state index contributed by atoms with van der Waals surface area (Å²) >= 11 is 1.65. The van der Waals surface area contributed by atoms with Crippen molar-refractivity contribution in [3.05, 3.63) is 33.6 Å². The Hall–Kier alpha value is -0.720. The highest BCUT2D eigenvalue weighted by molar-refractivity contribution is 14.1. The molecule has 2 rings (SSSR count). The largest absolute Gasteiger partial charge is 0.450 e. The zero-order chi connectivity index (χ0) is 10.3. The van der Waals surface area contributed by atoms with E-state index in [4.69, 9.17) is 4.42 Å². The van der Waals surface area contributed by atoms with Crippen LogP contribution in [0.4, 0.5) is 13.2 Å². The van der Waals surface area contributed by atoms with E-state index in [-0.39, 0.29) is 9.15 Å². The Kier molecular flexibility index (Phi) is 2.21. The summed E-state index contributed by atoms with van der Waals surface area (Å²) in [5.74, 6) is -0.917. The van der Waals surface area contributed by atoms with Crippen molar-refractivity contribution in [2.45, 2.75) is 6.18 Å². The van der Waals surface area contributed by atoms with Crippen LogP contribution in [0.2, 0.25) is 0 Å². The van der Waals surface area contributed by atoms with Crippen LogP contribution in [-0.2, 0) is 6.18 Å². The monoisotopic (exact) mass is 312 g/mol. The fourth-order valence-electron chi connectivity index (χ4n) is 1.20. The van der Waals surface area contributed by atoms with Gasteiger partial charge in [0.2, 0.25) is 5.76 Å². The smallest absolute Gasteiger partial charge is 0.450 e. The zero-order valence-electron chi connectivity index (χ0n) is 6.73. The van der Waals surface area contributed by atoms with Gasteiger partial charge in [-0.2, -0.15) is 13.2 Å². The zero-order valence-corrected chi connectivity index (χ0v) is 8.89. The fourth-order valence-corrected chi connectivity index (χ4v) is 2.06. The van der Waals surface area contributed by atoms with Crippen molar-refractivity contribution in [2.75, 3.05) is 0 Å². The molecule has 0 spiro atoms. The maximum Gasteiger partial charge on any atom is 0.450 e. The molecule has 0 N–H and O–H groups in total. The van der Waals surface area contributed by atoms with Crippen LogP contribution in [0.3, 0.4) is 0 Å². The van der Waals surface area contributed by atoms with Crippen LogP contribution in [0.5, 0.6) is 0 Å². The molecule has 1 aromatic heterocycles. The SMILES string of the molecule is FC(F)(F)c1oc2ccccc2c1I. The number of hydrogen-bond acceptors (Lipinski definition) is 1. The second-order valence-electron chi connectivity index (χ2n) is 2.74. The molecule has 2 aromatic rings. The Bertz CT molecular complexity index is 472. The van der Waals surface area contributed by atoms with E-state index in [0.717, 1.165) is 0 Å². The van der Waals surface area contributed by atoms with Gasteiger partial charge in [0.15, 0.2) is 0 Å². The third-order valence-corrected chi connectivity index (χ3v) is 2.86. The summed E-state index contributed by atoms with van der Waals surface area (Å²) in [6, 6.07) is 6.45. The van der Waals surface area contributed by atoms with Crippen LogP contribution in [0.15, 0.2) is 28.7 Å². The molecule has 0 atom stereocenters. The second-order valence-corrected chi connectivity index (χ2v) is 3.82. The van der Waals surface area contributed by atoms with Gasteiger partial charge in [-0.3, -0.25) is 0 Å². The number of hydrogen-bond donors (Lipinski definition) is 0. The van der Waals surface area contributed by atoms with Crippen LogP contribution < -0.4 is 0 Å². The molecule has 0 amide bonds. The van der Waals surface area contributed by atoms with Crippen LogP contribution >= 0.6 is 22.6 Å². The molecule has 14 heavy (non-hydrogen) atoms. The average Bonchev–Trinajstić information content (AvgIpc) is 2.44. The first-order valence-electron chi connectivity index (χ1n) is 3.74. The minimum absolute atomic E-state index is 0.116. The minimum atomic E-state index is -4.42. The van der Waals surface area contributed by atoms with Crippen molar-refractivity contribution >= 4 is 33.6 Å². The number of benzene rings is 1. The van der Waals surface area contributed by atoms with Crippen molar-refractivity contribution in [1.82, 2.24) is 0 Å². The molecule has 0 saturated carbocycles. The third-order valence-electron chi connectivity index (χ3n) is 1.79. The van der Waals surface area contributed by atoms with Gasteiger partial charge in [0.1, 0.15) is 5.58 Å². The van der Waals surface area contributed by atoms with Crippen molar-refractivity contribution in [2.24, 2.45) is 0 Å². The lowest BCUT2D eigenvalue weighted by atomic mass is 10.2. The van der Waals surface area contributed by atoms with Crippen molar-refractivity contribution in [3.8, 4) is 0 Å². The molecule has 1 nitrogen and oxygen atoms in total. The first-order chi connectivity index (χ1) is 6.50. The lowest BCUT2D eigenvalue weighted by Crippen LogP contribution is -2.04. The summed E-state index contributed by atoms with van der Waals surface area (Å²) in [6.45, 7) is 0. The molecule has 0 aliphatic heterocycles. The van der Waals surface area contributed by atoms with Crippen molar-refractivity contribution < 1.29 is 17.6 Å². The van der Waals surface area contributed by atoms with Crippen LogP contribution in [0.25, 0.3) is 11.0 Å². The lowest BCUT2D eigenvalue weighted by molar-refractivity contribution is -0.153. The summed E-state index contributed by atoms with van der Waals surface area (Å²) in [5, 5.41) is 0.500. The Morgan fingerprint density at radius 3 is 2.36 bits per heavy atom. The number of fused-ring (bicyclic) bond motifs is 1. The number of alkyl halides is 3. The van der Waals surface area contributed by atoms with Gasteiger partial charge in [-0.15, -0.1) is 0 Å². The predicted octanol–water partition coefficient (Wildman–Crippen LogP) is 4.06. The number of rotatable bonds is 0. The topological polar surface area (TPSA) is 13.1 Å². The van der Waals surface area contributed by atoms with Gasteiger partial charge < -0.3 is 4.42 Å². The molecule has 0 unspecified atom stereocenters. The highest BCUT2D eigenvalue weighted by atomic mass is 127. The molecule has 0 bridgehead atoms. The molecule has 0 saturated heterocycles. The number of furan rings is 1. The van der Waals surface area contributed by atoms with E-state index < -0.39 is 11.9 Å². The summed E-state index contributed by atoms with van der Waals surface area (Å²) in [7, 11) is 0. The van der Waals surface area contributed by atoms with Crippen molar-refractivity contribution in [1.29, 1.82) is 0 Å². The number of para-hydroxylation sites is 1. The Labute approximate surface area is 91.0 Å². The Balaban J connectivity index is 2.75. The normalized spacial score (nSPS) is 12.3. The standard InChI is InChI=1S/C9H4F3IO/c10-9(11,12)8-7(13)5-3-1-2-4-6(5)14-8/h1-4H. The first-order valence-corrected chi connectivity index (χ1v) is 4.82. The Morgan fingerprint density at radius 2 is 1.79 bits per heavy atom. The van der Waals surface area contributed by atoms with Crippen LogP contribution in [-0.4, -0.2) is 0 Å². The van der Waals surface area contributed by atoms with Gasteiger partial charge >= 0.3 is 6.18 Å². The van der Waals surface area contributed by atoms with E-state index in [1.807, 2.05) is 0 Å². The van der Waals surface area contributed by atoms with Gasteiger partial charge in [0.05, 0.1) is 3.57 Å². The molecule has 0 fully saturated rings. The van der Waals surface area contributed by atoms with E-state index in [9.17, 15) is 13.2 Å². The summed E-state index contributed by atoms with van der Waals surface area (Å²) in [6.07, 6.45) is -4.42. The molecule has 5 heteroatoms. The maximum atomic E-state index is 12.4. The minimum Gasteiger partial charge on any atom is -0.450 e. The second kappa shape index (κ2) is 3.15. The van der Waals surface area contributed by atoms with E-state index >= 15 is 0 Å². The quantitative estimate of drug-likeness (QED) is 0.669. The van der Waals surface area contributed by atoms with Gasteiger partial charge in [0, 0.05) is 5.39 Å². The van der Waals surface area contributed by atoms with E-state index in [1.165, 1.54) is 6.07 Å². The number of halogens is 4. The lowest BCUT2D eigenvalue weighted by Gasteiger charge is -2.01. The van der Waals surface area contributed by atoms with Crippen LogP contribution in [0.1, 0.15) is 5.76 Å². The summed E-state index contributed by atoms with van der Waals surface area (Å²) < 4.78 is 42.0. The third kappa shape index (κ3) is 1.49. The van der Waals surface area contributed by atoms with E-state index in [0.29, 0.717) is 5.39 Å². The van der Waals surface area contributed by atoms with E-state index in [1.54, 1.807) is 40.8 Å². The summed E-state index contributed by atoms with van der Waals surface area (Å²) in [4.78, 5) is 0. The molecular formula is C9H4F3IO. The van der Waals surface area contributed by atoms with Crippen LogP contribution in [0, 0.1) is 3.57 Å². The molecule has 0 aliphatic rings. The molecule has 74 valence electrons. The molecular weight excluding hydrogens is 308 g/mol. The van der Waals surface area contributed by atoms with Crippen molar-refractivity contribution in [3.63, 3.8) is 0 Å². The van der Waals surface area contributed by atoms with Gasteiger partial charge in [0.25, 0.3) is 0 Å². The highest BCUT2D eigenvalue weighted by Gasteiger charge is 2.38. The maximum absolute atomic E-state index is 12.4. The fraction of sp³-hybridized carbons (Fsp3) is 0.111. The molecule has 1 aromatic carbocycles. The molecule has 0 radical (unpaired) electrons. The first kappa shape index (κ1) is 9.82. The predicted molar refractivity (Wildman–Crippen MR) is 53.9 cm³/mol. The molecule has 0 aliphatic carbocycles. The molecule has 1 heterocycles. The highest BCUT2D eigenvalue weighted by Crippen LogP contribution is 2.38. The Morgan fingerprint density at radius 1 is 1.14 bits per heavy atom. The van der Waals surface area contributed by atoms with Gasteiger partial charge in [-0.05, 0) is 28.7 Å². The van der Waals surface area contributed by atoms with E-state index in [2.05, 4.69) is 0 Å². The van der Waals surface area contributed by atoms with Gasteiger partial charge in [-0.1, -0.05) is 18.2 Å².